The van der Waals surface area contributed by atoms with Crippen molar-refractivity contribution in [3.63, 3.8) is 0 Å². The first-order valence-electron chi connectivity index (χ1n) is 6.99. The Hall–Kier alpha value is -3.19. The Morgan fingerprint density at radius 2 is 1.96 bits per heavy atom. The molecule has 2 aromatic rings. The van der Waals surface area contributed by atoms with Gasteiger partial charge in [0.15, 0.2) is 15.8 Å². The van der Waals surface area contributed by atoms with Crippen LogP contribution in [0.1, 0.15) is 27.4 Å². The summed E-state index contributed by atoms with van der Waals surface area (Å²) in [5.41, 5.74) is 11.0. The molecule has 2 rings (SSSR count). The second kappa shape index (κ2) is 6.37. The maximum absolute atomic E-state index is 12.2. The molecule has 0 spiro atoms. The zero-order chi connectivity index (χ0) is 18.9. The molecule has 1 heterocycles. The van der Waals surface area contributed by atoms with Gasteiger partial charge in [-0.05, 0) is 26.0 Å². The van der Waals surface area contributed by atoms with Gasteiger partial charge in [-0.15, -0.1) is 0 Å². The van der Waals surface area contributed by atoms with E-state index in [1.54, 1.807) is 24.6 Å². The van der Waals surface area contributed by atoms with Crippen LogP contribution in [0.5, 0.6) is 0 Å². The van der Waals surface area contributed by atoms with Crippen molar-refractivity contribution in [1.29, 1.82) is 5.26 Å². The second-order valence-electron chi connectivity index (χ2n) is 5.39. The van der Waals surface area contributed by atoms with E-state index in [-0.39, 0.29) is 21.7 Å². The van der Waals surface area contributed by atoms with E-state index in [1.165, 1.54) is 6.07 Å². The van der Waals surface area contributed by atoms with E-state index < -0.39 is 21.7 Å². The van der Waals surface area contributed by atoms with Gasteiger partial charge >= 0.3 is 0 Å². The predicted molar refractivity (Wildman–Crippen MR) is 91.0 cm³/mol. The molecular formula is C15H16N6O3S. The molecule has 4 N–H and O–H groups in total. The molecule has 0 atom stereocenters. The van der Waals surface area contributed by atoms with E-state index in [2.05, 4.69) is 9.98 Å². The highest BCUT2D eigenvalue weighted by Crippen LogP contribution is 2.26. The van der Waals surface area contributed by atoms with Gasteiger partial charge in [-0.2, -0.15) is 10.3 Å². The van der Waals surface area contributed by atoms with Crippen molar-refractivity contribution < 1.29 is 13.2 Å². The summed E-state index contributed by atoms with van der Waals surface area (Å²) in [6, 6.07) is 4.27. The maximum Gasteiger partial charge on any atom is 0.281 e. The van der Waals surface area contributed by atoms with Crippen LogP contribution in [0.25, 0.3) is 5.69 Å². The average molecular weight is 360 g/mol. The highest BCUT2D eigenvalue weighted by atomic mass is 32.2. The lowest BCUT2D eigenvalue weighted by Gasteiger charge is -2.13. The van der Waals surface area contributed by atoms with Gasteiger partial charge in [0.25, 0.3) is 5.91 Å². The Morgan fingerprint density at radius 3 is 2.40 bits per heavy atom. The number of aryl methyl sites for hydroxylation is 2. The zero-order valence-electron chi connectivity index (χ0n) is 13.8. The van der Waals surface area contributed by atoms with Crippen LogP contribution in [-0.4, -0.2) is 36.1 Å². The fourth-order valence-corrected chi connectivity index (χ4v) is 3.23. The molecule has 0 aliphatic carbocycles. The Labute approximate surface area is 144 Å². The summed E-state index contributed by atoms with van der Waals surface area (Å²) in [7, 11) is -3.72. The van der Waals surface area contributed by atoms with Crippen molar-refractivity contribution in [3.8, 4) is 11.8 Å². The van der Waals surface area contributed by atoms with Crippen LogP contribution in [0.4, 0.5) is 0 Å². The number of nitrogens with zero attached hydrogens (tertiary/aromatic N) is 4. The number of hydrogen-bond donors (Lipinski definition) is 2. The summed E-state index contributed by atoms with van der Waals surface area (Å²) < 4.78 is 26.0. The van der Waals surface area contributed by atoms with Gasteiger partial charge < -0.3 is 16.0 Å². The first-order valence-corrected chi connectivity index (χ1v) is 8.89. The minimum absolute atomic E-state index is 0.0526. The summed E-state index contributed by atoms with van der Waals surface area (Å²) in [6.07, 6.45) is 2.64. The third-order valence-corrected chi connectivity index (χ3v) is 4.47. The van der Waals surface area contributed by atoms with Crippen LogP contribution in [0.3, 0.4) is 0 Å². The van der Waals surface area contributed by atoms with Crippen LogP contribution >= 0.6 is 0 Å². The molecule has 1 amide bonds. The van der Waals surface area contributed by atoms with Crippen molar-refractivity contribution in [3.05, 3.63) is 41.0 Å². The smallest absolute Gasteiger partial charge is 0.281 e. The lowest BCUT2D eigenvalue weighted by molar-refractivity contribution is 0.100. The molecule has 0 aliphatic heterocycles. The van der Waals surface area contributed by atoms with Crippen LogP contribution in [-0.2, 0) is 9.84 Å². The Bertz CT molecular complexity index is 1040. The molecule has 9 nitrogen and oxygen atoms in total. The first kappa shape index (κ1) is 18.2. The summed E-state index contributed by atoms with van der Waals surface area (Å²) in [6.45, 7) is 3.45. The van der Waals surface area contributed by atoms with E-state index in [1.807, 2.05) is 6.07 Å². The number of guanidine groups is 1. The fraction of sp³-hybridized carbons (Fsp3) is 0.200. The number of aliphatic imine (C=N–C) groups is 1. The molecule has 1 aromatic heterocycles. The SMILES string of the molecule is Cc1cn(-c2cc(C#N)c(C(=O)N=C(N)N)cc2S(C)(=O)=O)c(C)n1. The van der Waals surface area contributed by atoms with Gasteiger partial charge in [0.05, 0.1) is 27.4 Å². The summed E-state index contributed by atoms with van der Waals surface area (Å²) >= 11 is 0. The Balaban J connectivity index is 2.87. The van der Waals surface area contributed by atoms with E-state index in [9.17, 15) is 18.5 Å². The number of nitrogens with two attached hydrogens (primary N) is 2. The summed E-state index contributed by atoms with van der Waals surface area (Å²) in [5.74, 6) is -0.846. The summed E-state index contributed by atoms with van der Waals surface area (Å²) in [4.78, 5) is 19.6. The number of sulfone groups is 1. The molecule has 10 heteroatoms. The molecule has 0 bridgehead atoms. The minimum atomic E-state index is -3.72. The molecule has 0 radical (unpaired) electrons. The predicted octanol–water partition coefficient (Wildman–Crippen LogP) is 0.178. The third-order valence-electron chi connectivity index (χ3n) is 3.34. The number of aromatic nitrogens is 2. The molecular weight excluding hydrogens is 344 g/mol. The van der Waals surface area contributed by atoms with Crippen molar-refractivity contribution in [2.75, 3.05) is 6.26 Å². The number of hydrogen-bond acceptors (Lipinski definition) is 5. The standard InChI is InChI=1S/C15H16N6O3S/c1-8-7-21(9(2)19-8)12-4-10(6-16)11(14(22)20-15(17)18)5-13(12)25(3,23)24/h4-5,7H,1-3H3,(H4,17,18,20,22). The second-order valence-corrected chi connectivity index (χ2v) is 7.37. The Morgan fingerprint density at radius 1 is 1.32 bits per heavy atom. The summed E-state index contributed by atoms with van der Waals surface area (Å²) in [5, 5.41) is 9.35. The average Bonchev–Trinajstić information content (AvgIpc) is 2.82. The highest BCUT2D eigenvalue weighted by molar-refractivity contribution is 7.90. The minimum Gasteiger partial charge on any atom is -0.370 e. The quantitative estimate of drug-likeness (QED) is 0.583. The van der Waals surface area contributed by atoms with Crippen molar-refractivity contribution in [1.82, 2.24) is 9.55 Å². The molecule has 130 valence electrons. The number of rotatable bonds is 3. The normalized spacial score (nSPS) is 11.0. The van der Waals surface area contributed by atoms with E-state index in [0.717, 1.165) is 12.3 Å². The van der Waals surface area contributed by atoms with E-state index in [0.29, 0.717) is 11.5 Å². The van der Waals surface area contributed by atoms with E-state index >= 15 is 0 Å². The fourth-order valence-electron chi connectivity index (χ4n) is 2.36. The van der Waals surface area contributed by atoms with Crippen LogP contribution in [0.15, 0.2) is 28.2 Å². The number of nitriles is 1. The molecule has 0 aliphatic rings. The lowest BCUT2D eigenvalue weighted by Crippen LogP contribution is -2.24. The van der Waals surface area contributed by atoms with Crippen molar-refractivity contribution >= 4 is 21.7 Å². The number of carbonyl (C=O) groups is 1. The zero-order valence-corrected chi connectivity index (χ0v) is 14.6. The molecule has 0 fully saturated rings. The monoisotopic (exact) mass is 360 g/mol. The van der Waals surface area contributed by atoms with Crippen LogP contribution in [0.2, 0.25) is 0 Å². The van der Waals surface area contributed by atoms with Gasteiger partial charge in [0, 0.05) is 12.5 Å². The number of carbonyl (C=O) groups excluding carboxylic acids is 1. The number of benzene rings is 1. The van der Waals surface area contributed by atoms with Crippen molar-refractivity contribution in [2.24, 2.45) is 16.5 Å². The lowest BCUT2D eigenvalue weighted by atomic mass is 10.1. The maximum atomic E-state index is 12.2. The Kier molecular flexibility index (Phi) is 4.62. The van der Waals surface area contributed by atoms with Gasteiger partial charge in [0.1, 0.15) is 11.9 Å². The van der Waals surface area contributed by atoms with Crippen LogP contribution < -0.4 is 11.5 Å². The topological polar surface area (TPSA) is 157 Å². The number of imidazole rings is 1. The van der Waals surface area contributed by atoms with Gasteiger partial charge in [-0.3, -0.25) is 4.79 Å². The van der Waals surface area contributed by atoms with Crippen LogP contribution in [0, 0.1) is 25.2 Å². The largest absolute Gasteiger partial charge is 0.370 e. The molecule has 25 heavy (non-hydrogen) atoms. The number of amides is 1. The molecule has 0 saturated carbocycles. The van der Waals surface area contributed by atoms with Gasteiger partial charge in [-0.1, -0.05) is 0 Å². The van der Waals surface area contributed by atoms with Crippen molar-refractivity contribution in [2.45, 2.75) is 18.7 Å². The van der Waals surface area contributed by atoms with E-state index in [4.69, 9.17) is 11.5 Å². The van der Waals surface area contributed by atoms with Gasteiger partial charge in [-0.25, -0.2) is 13.4 Å². The molecule has 1 aromatic carbocycles. The third kappa shape index (κ3) is 3.67. The van der Waals surface area contributed by atoms with Gasteiger partial charge in [0.2, 0.25) is 0 Å². The molecule has 0 saturated heterocycles. The molecule has 0 unspecified atom stereocenters. The highest BCUT2D eigenvalue weighted by Gasteiger charge is 2.23. The first-order chi connectivity index (χ1) is 11.5.